The number of ether oxygens (including phenoxy) is 2. The number of carbonyl (C=O) groups is 3. The van der Waals surface area contributed by atoms with E-state index in [1.165, 1.54) is 23.9 Å². The Morgan fingerprint density at radius 2 is 1.75 bits per heavy atom. The van der Waals surface area contributed by atoms with Crippen LogP contribution in [0.3, 0.4) is 0 Å². The number of aryl methyl sites for hydroxylation is 1. The molecule has 1 atom stereocenters. The van der Waals surface area contributed by atoms with E-state index in [-0.39, 0.29) is 24.3 Å². The molecule has 5 aliphatic rings. The summed E-state index contributed by atoms with van der Waals surface area (Å²) in [6, 6.07) is 11.5. The first-order chi connectivity index (χ1) is 30.8. The van der Waals surface area contributed by atoms with Crippen LogP contribution in [0.1, 0.15) is 86.2 Å². The molecule has 4 fully saturated rings. The molecule has 2 aromatic carbocycles. The summed E-state index contributed by atoms with van der Waals surface area (Å²) in [6.45, 7) is 10.1. The van der Waals surface area contributed by atoms with E-state index in [4.69, 9.17) is 21.1 Å². The van der Waals surface area contributed by atoms with E-state index in [9.17, 15) is 18.9 Å². The molecule has 2 aromatic heterocycles. The van der Waals surface area contributed by atoms with Crippen LogP contribution in [0.2, 0.25) is 5.02 Å². The standard InChI is InChI=1S/C47H57ClN9O6P/c1-5-29-23-35(52-46-50-25-34(48)43(54-46)51-36-26-49-19-13-41(36)64(3,4)61)40(62-2)24-38(29)55-20-14-30(15-21-55)56-22-18-47(28-56)16-11-31(12-17-47)63-39-8-6-7-32-33(39)27-57(45(32)60)37-9-10-42(58)53-44(37)59/h6-8,13,19,23-26,30-31,37H,5,9-12,14-18,20-22,27-28H2,1-4H3,(H,53,58,59)(H2,50,51,52,54). The highest BCUT2D eigenvalue weighted by Crippen LogP contribution is 2.47. The van der Waals surface area contributed by atoms with Gasteiger partial charge in [0.1, 0.15) is 29.7 Å². The number of anilines is 5. The van der Waals surface area contributed by atoms with E-state index in [0.29, 0.717) is 63.5 Å². The lowest BCUT2D eigenvalue weighted by atomic mass is 9.72. The largest absolute Gasteiger partial charge is 0.494 e. The summed E-state index contributed by atoms with van der Waals surface area (Å²) in [5.41, 5.74) is 5.45. The maximum atomic E-state index is 13.4. The fourth-order valence-electron chi connectivity index (χ4n) is 10.5. The first-order valence-corrected chi connectivity index (χ1v) is 25.5. The van der Waals surface area contributed by atoms with Crippen molar-refractivity contribution in [2.75, 3.05) is 62.2 Å². The summed E-state index contributed by atoms with van der Waals surface area (Å²) in [7, 11) is -0.926. The number of hydrogen-bond acceptors (Lipinski definition) is 13. The molecule has 3 N–H and O–H groups in total. The molecule has 64 heavy (non-hydrogen) atoms. The summed E-state index contributed by atoms with van der Waals surface area (Å²) >= 11 is 6.53. The lowest BCUT2D eigenvalue weighted by Gasteiger charge is -2.41. The summed E-state index contributed by atoms with van der Waals surface area (Å²) < 4.78 is 25.6. The van der Waals surface area contributed by atoms with Crippen molar-refractivity contribution in [3.05, 3.63) is 76.7 Å². The predicted molar refractivity (Wildman–Crippen MR) is 249 cm³/mol. The van der Waals surface area contributed by atoms with E-state index in [1.807, 2.05) is 18.2 Å². The third-order valence-corrected chi connectivity index (χ3v) is 15.8. The maximum absolute atomic E-state index is 13.4. The monoisotopic (exact) mass is 909 g/mol. The van der Waals surface area contributed by atoms with Gasteiger partial charge in [0.25, 0.3) is 5.91 Å². The highest BCUT2D eigenvalue weighted by atomic mass is 35.5. The van der Waals surface area contributed by atoms with Crippen LogP contribution in [0.15, 0.2) is 55.0 Å². The third-order valence-electron chi connectivity index (χ3n) is 14.0. The van der Waals surface area contributed by atoms with Crippen molar-refractivity contribution in [1.82, 2.24) is 30.1 Å². The van der Waals surface area contributed by atoms with Gasteiger partial charge in [0.2, 0.25) is 17.8 Å². The van der Waals surface area contributed by atoms with Gasteiger partial charge in [0.05, 0.1) is 43.5 Å². The first kappa shape index (κ1) is 44.0. The van der Waals surface area contributed by atoms with Gasteiger partial charge in [-0.3, -0.25) is 29.6 Å². The quantitative estimate of drug-likeness (QED) is 0.0959. The second-order valence-electron chi connectivity index (χ2n) is 18.4. The zero-order valence-corrected chi connectivity index (χ0v) is 38.6. The second kappa shape index (κ2) is 18.0. The lowest BCUT2D eigenvalue weighted by molar-refractivity contribution is -0.136. The van der Waals surface area contributed by atoms with Gasteiger partial charge in [-0.2, -0.15) is 4.98 Å². The summed E-state index contributed by atoms with van der Waals surface area (Å²) in [4.78, 5) is 57.9. The molecule has 0 bridgehead atoms. The van der Waals surface area contributed by atoms with Gasteiger partial charge < -0.3 is 34.5 Å². The molecule has 4 aromatic rings. The molecule has 6 heterocycles. The fraction of sp³-hybridized carbons (Fsp3) is 0.489. The number of nitrogens with zero attached hydrogens (tertiary/aromatic N) is 6. The summed E-state index contributed by atoms with van der Waals surface area (Å²) in [5.74, 6) is 1.26. The molecular formula is C47H57ClN9O6P. The number of benzene rings is 2. The molecule has 17 heteroatoms. The first-order valence-electron chi connectivity index (χ1n) is 22.5. The van der Waals surface area contributed by atoms with E-state index in [1.54, 1.807) is 43.8 Å². The van der Waals surface area contributed by atoms with E-state index < -0.39 is 19.1 Å². The summed E-state index contributed by atoms with van der Waals surface area (Å²) in [5, 5.41) is 9.94. The molecule has 1 saturated carbocycles. The second-order valence-corrected chi connectivity index (χ2v) is 21.9. The van der Waals surface area contributed by atoms with Crippen LogP contribution in [0.4, 0.5) is 28.8 Å². The van der Waals surface area contributed by atoms with Crippen LogP contribution >= 0.6 is 18.7 Å². The van der Waals surface area contributed by atoms with Gasteiger partial charge in [0, 0.05) is 66.5 Å². The van der Waals surface area contributed by atoms with Crippen molar-refractivity contribution in [2.24, 2.45) is 5.41 Å². The number of halogens is 1. The zero-order valence-electron chi connectivity index (χ0n) is 37.0. The van der Waals surface area contributed by atoms with Crippen LogP contribution in [-0.2, 0) is 27.1 Å². The van der Waals surface area contributed by atoms with Crippen LogP contribution < -0.4 is 35.6 Å². The molecule has 9 rings (SSSR count). The lowest BCUT2D eigenvalue weighted by Crippen LogP contribution is -2.52. The number of pyridine rings is 1. The third kappa shape index (κ3) is 8.91. The van der Waals surface area contributed by atoms with Crippen LogP contribution in [0.5, 0.6) is 11.5 Å². The molecule has 1 unspecified atom stereocenters. The molecule has 338 valence electrons. The molecule has 3 amide bonds. The smallest absolute Gasteiger partial charge is 0.255 e. The number of rotatable bonds is 12. The van der Waals surface area contributed by atoms with E-state index in [0.717, 1.165) is 88.1 Å². The molecule has 3 saturated heterocycles. The number of nitrogens with one attached hydrogen (secondary N) is 3. The minimum absolute atomic E-state index is 0.0822. The normalized spacial score (nSPS) is 23.0. The van der Waals surface area contributed by atoms with Gasteiger partial charge in [-0.25, -0.2) is 4.98 Å². The number of carbonyl (C=O) groups excluding carboxylic acids is 3. The number of fused-ring (bicyclic) bond motifs is 1. The van der Waals surface area contributed by atoms with Crippen LogP contribution in [0, 0.1) is 5.41 Å². The Morgan fingerprint density at radius 1 is 0.953 bits per heavy atom. The average Bonchev–Trinajstić information content (AvgIpc) is 3.86. The molecule has 4 aliphatic heterocycles. The Kier molecular flexibility index (Phi) is 12.4. The number of aromatic nitrogens is 3. The van der Waals surface area contributed by atoms with Crippen molar-refractivity contribution in [1.29, 1.82) is 0 Å². The minimum atomic E-state index is -2.60. The van der Waals surface area contributed by atoms with Crippen molar-refractivity contribution in [2.45, 2.75) is 95.9 Å². The Bertz CT molecular complexity index is 2500. The molecule has 0 radical (unpaired) electrons. The number of likely N-dealkylation sites (tertiary alicyclic amines) is 1. The number of piperidine rings is 2. The van der Waals surface area contributed by atoms with Crippen LogP contribution in [-0.4, -0.2) is 107 Å². The number of amides is 3. The van der Waals surface area contributed by atoms with Crippen molar-refractivity contribution < 1.29 is 28.4 Å². The van der Waals surface area contributed by atoms with Gasteiger partial charge in [-0.05, 0) is 113 Å². The van der Waals surface area contributed by atoms with Crippen molar-refractivity contribution >= 4 is 70.6 Å². The number of methoxy groups -OCH3 is 1. The van der Waals surface area contributed by atoms with Crippen molar-refractivity contribution in [3.8, 4) is 11.5 Å². The fourth-order valence-corrected chi connectivity index (χ4v) is 11.8. The van der Waals surface area contributed by atoms with Gasteiger partial charge >= 0.3 is 0 Å². The summed E-state index contributed by atoms with van der Waals surface area (Å²) in [6.07, 6.45) is 13.9. The van der Waals surface area contributed by atoms with E-state index in [2.05, 4.69) is 59.8 Å². The zero-order chi connectivity index (χ0) is 44.8. The highest BCUT2D eigenvalue weighted by Gasteiger charge is 2.45. The number of imide groups is 1. The van der Waals surface area contributed by atoms with Crippen LogP contribution in [0.25, 0.3) is 0 Å². The minimum Gasteiger partial charge on any atom is -0.494 e. The SMILES string of the molecule is CCc1cc(Nc2ncc(Cl)c(Nc3cnccc3P(C)(C)=O)n2)c(OC)cc1N1CCC(N2CCC3(CCC(Oc4cccc5c4CN(C4CCC(=O)NC4=O)C5=O)CC3)C2)CC1. The highest BCUT2D eigenvalue weighted by molar-refractivity contribution is 7.70. The van der Waals surface area contributed by atoms with Gasteiger partial charge in [0.15, 0.2) is 5.82 Å². The van der Waals surface area contributed by atoms with Gasteiger partial charge in [-0.1, -0.05) is 24.6 Å². The number of hydrogen-bond donors (Lipinski definition) is 3. The molecule has 1 aliphatic carbocycles. The Hall–Kier alpha value is -5.24. The van der Waals surface area contributed by atoms with Gasteiger partial charge in [-0.15, -0.1) is 0 Å². The molecule has 15 nitrogen and oxygen atoms in total. The average molecular weight is 910 g/mol. The maximum Gasteiger partial charge on any atom is 0.255 e. The Morgan fingerprint density at radius 3 is 2.48 bits per heavy atom. The van der Waals surface area contributed by atoms with Crippen molar-refractivity contribution in [3.63, 3.8) is 0 Å². The predicted octanol–water partition coefficient (Wildman–Crippen LogP) is 7.27. The molecular weight excluding hydrogens is 853 g/mol. The van der Waals surface area contributed by atoms with E-state index >= 15 is 0 Å². The Labute approximate surface area is 379 Å². The molecule has 1 spiro atoms. The topological polar surface area (TPSA) is 171 Å². The Balaban J connectivity index is 0.793.